The summed E-state index contributed by atoms with van der Waals surface area (Å²) in [6.07, 6.45) is 4.16. The van der Waals surface area contributed by atoms with Crippen LogP contribution in [-0.2, 0) is 6.42 Å². The third-order valence-corrected chi connectivity index (χ3v) is 4.63. The van der Waals surface area contributed by atoms with Crippen LogP contribution in [0.4, 0.5) is 0 Å². The Hall–Kier alpha value is -2.21. The van der Waals surface area contributed by atoms with Crippen molar-refractivity contribution in [3.63, 3.8) is 0 Å². The van der Waals surface area contributed by atoms with Gasteiger partial charge in [0.1, 0.15) is 0 Å². The molecule has 3 rings (SSSR count). The minimum Gasteiger partial charge on any atom is -0.336 e. The smallest absolute Gasteiger partial charge is 0.257 e. The number of carbonyl (C=O) groups excluding carboxylic acids is 1. The molecule has 1 fully saturated rings. The van der Waals surface area contributed by atoms with Gasteiger partial charge in [0.2, 0.25) is 0 Å². The molecule has 128 valence electrons. The Kier molecular flexibility index (Phi) is 4.94. The van der Waals surface area contributed by atoms with Crippen LogP contribution in [0.25, 0.3) is 5.82 Å². The normalized spacial score (nSPS) is 15.9. The molecule has 0 spiro atoms. The maximum Gasteiger partial charge on any atom is 0.257 e. The molecule has 6 nitrogen and oxygen atoms in total. The Bertz CT molecular complexity index is 687. The van der Waals surface area contributed by atoms with Gasteiger partial charge >= 0.3 is 0 Å². The molecule has 0 unspecified atom stereocenters. The second-order valence-corrected chi connectivity index (χ2v) is 6.38. The van der Waals surface area contributed by atoms with E-state index >= 15 is 0 Å². The van der Waals surface area contributed by atoms with Crippen LogP contribution in [0.5, 0.6) is 0 Å². The second-order valence-electron chi connectivity index (χ2n) is 6.38. The molecule has 1 saturated heterocycles. The fourth-order valence-corrected chi connectivity index (χ4v) is 3.18. The van der Waals surface area contributed by atoms with Crippen molar-refractivity contribution in [3.05, 3.63) is 41.9 Å². The Balaban J connectivity index is 1.80. The van der Waals surface area contributed by atoms with E-state index in [0.29, 0.717) is 11.6 Å². The third kappa shape index (κ3) is 3.19. The molecule has 0 saturated carbocycles. The van der Waals surface area contributed by atoms with Gasteiger partial charge in [-0.05, 0) is 32.4 Å². The number of carbonyl (C=O) groups is 1. The predicted octanol–water partition coefficient (Wildman–Crippen LogP) is 2.00. The van der Waals surface area contributed by atoms with Gasteiger partial charge in [-0.2, -0.15) is 5.10 Å². The van der Waals surface area contributed by atoms with Gasteiger partial charge in [0.05, 0.1) is 17.5 Å². The molecule has 3 heterocycles. The zero-order chi connectivity index (χ0) is 17.1. The number of amides is 1. The van der Waals surface area contributed by atoms with Gasteiger partial charge in [-0.1, -0.05) is 13.0 Å². The summed E-state index contributed by atoms with van der Waals surface area (Å²) in [5, 5.41) is 4.41. The van der Waals surface area contributed by atoms with E-state index in [-0.39, 0.29) is 5.91 Å². The van der Waals surface area contributed by atoms with Crippen LogP contribution in [0.1, 0.15) is 36.8 Å². The largest absolute Gasteiger partial charge is 0.336 e. The number of hydrogen-bond acceptors (Lipinski definition) is 4. The Morgan fingerprint density at radius 3 is 2.54 bits per heavy atom. The van der Waals surface area contributed by atoms with Gasteiger partial charge in [0.15, 0.2) is 5.82 Å². The molecular weight excluding hydrogens is 302 g/mol. The average Bonchev–Trinajstić information content (AvgIpc) is 3.06. The monoisotopic (exact) mass is 327 g/mol. The zero-order valence-electron chi connectivity index (χ0n) is 14.6. The SMILES string of the molecule is CCc1c(C(=O)N2CCN(C(C)C)CC2)cnn1-c1ccccn1. The highest BCUT2D eigenvalue weighted by Crippen LogP contribution is 2.17. The summed E-state index contributed by atoms with van der Waals surface area (Å²) in [6, 6.07) is 6.23. The second kappa shape index (κ2) is 7.13. The molecule has 1 amide bonds. The van der Waals surface area contributed by atoms with E-state index in [2.05, 4.69) is 28.8 Å². The van der Waals surface area contributed by atoms with Crippen molar-refractivity contribution in [1.29, 1.82) is 0 Å². The summed E-state index contributed by atoms with van der Waals surface area (Å²) < 4.78 is 1.78. The standard InChI is InChI=1S/C18H25N5O/c1-4-16-15(13-20-23(16)17-7-5-6-8-19-17)18(24)22-11-9-21(10-12-22)14(2)3/h5-8,13-14H,4,9-12H2,1-3H3. The molecule has 0 bridgehead atoms. The first-order valence-corrected chi connectivity index (χ1v) is 8.63. The predicted molar refractivity (Wildman–Crippen MR) is 93.3 cm³/mol. The van der Waals surface area contributed by atoms with Crippen molar-refractivity contribution in [2.45, 2.75) is 33.2 Å². The van der Waals surface area contributed by atoms with Crippen LogP contribution >= 0.6 is 0 Å². The lowest BCUT2D eigenvalue weighted by Crippen LogP contribution is -2.50. The number of nitrogens with zero attached hydrogens (tertiary/aromatic N) is 5. The number of hydrogen-bond donors (Lipinski definition) is 0. The van der Waals surface area contributed by atoms with Gasteiger partial charge in [0.25, 0.3) is 5.91 Å². The maximum atomic E-state index is 12.9. The Labute approximate surface area is 143 Å². The maximum absolute atomic E-state index is 12.9. The summed E-state index contributed by atoms with van der Waals surface area (Å²) in [4.78, 5) is 21.6. The number of pyridine rings is 1. The number of piperazine rings is 1. The quantitative estimate of drug-likeness (QED) is 0.862. The lowest BCUT2D eigenvalue weighted by Gasteiger charge is -2.36. The minimum atomic E-state index is 0.0810. The molecule has 1 aliphatic rings. The molecule has 0 aliphatic carbocycles. The summed E-state index contributed by atoms with van der Waals surface area (Å²) in [7, 11) is 0. The van der Waals surface area contributed by atoms with Gasteiger partial charge in [-0.3, -0.25) is 9.69 Å². The molecular formula is C18H25N5O. The van der Waals surface area contributed by atoms with Gasteiger partial charge in [-0.15, -0.1) is 0 Å². The highest BCUT2D eigenvalue weighted by molar-refractivity contribution is 5.95. The number of rotatable bonds is 4. The fourth-order valence-electron chi connectivity index (χ4n) is 3.18. The first-order valence-electron chi connectivity index (χ1n) is 8.63. The molecule has 0 atom stereocenters. The van der Waals surface area contributed by atoms with Crippen molar-refractivity contribution in [1.82, 2.24) is 24.6 Å². The van der Waals surface area contributed by atoms with E-state index in [1.807, 2.05) is 30.0 Å². The fraction of sp³-hybridized carbons (Fsp3) is 0.500. The summed E-state index contributed by atoms with van der Waals surface area (Å²) in [5.74, 6) is 0.829. The molecule has 6 heteroatoms. The Morgan fingerprint density at radius 1 is 1.21 bits per heavy atom. The van der Waals surface area contributed by atoms with Crippen LogP contribution in [0.15, 0.2) is 30.6 Å². The van der Waals surface area contributed by atoms with Crippen LogP contribution in [0, 0.1) is 0 Å². The van der Waals surface area contributed by atoms with Crippen molar-refractivity contribution in [2.75, 3.05) is 26.2 Å². The molecule has 0 N–H and O–H groups in total. The molecule has 0 aromatic carbocycles. The van der Waals surface area contributed by atoms with E-state index in [0.717, 1.165) is 44.1 Å². The van der Waals surface area contributed by atoms with Gasteiger partial charge in [-0.25, -0.2) is 9.67 Å². The average molecular weight is 327 g/mol. The highest BCUT2D eigenvalue weighted by atomic mass is 16.2. The first kappa shape index (κ1) is 16.6. The third-order valence-electron chi connectivity index (χ3n) is 4.63. The van der Waals surface area contributed by atoms with Crippen LogP contribution in [-0.4, -0.2) is 62.7 Å². The van der Waals surface area contributed by atoms with Crippen molar-refractivity contribution >= 4 is 5.91 Å². The van der Waals surface area contributed by atoms with Gasteiger partial charge < -0.3 is 4.90 Å². The first-order chi connectivity index (χ1) is 11.6. The zero-order valence-corrected chi connectivity index (χ0v) is 14.6. The molecule has 1 aliphatic heterocycles. The molecule has 2 aromatic rings. The summed E-state index contributed by atoms with van der Waals surface area (Å²) >= 11 is 0. The highest BCUT2D eigenvalue weighted by Gasteiger charge is 2.26. The van der Waals surface area contributed by atoms with E-state index in [1.165, 1.54) is 0 Å². The molecule has 24 heavy (non-hydrogen) atoms. The number of aromatic nitrogens is 3. The van der Waals surface area contributed by atoms with Crippen LogP contribution in [0.3, 0.4) is 0 Å². The van der Waals surface area contributed by atoms with Crippen molar-refractivity contribution in [2.24, 2.45) is 0 Å². The van der Waals surface area contributed by atoms with Gasteiger partial charge in [0, 0.05) is 38.4 Å². The van der Waals surface area contributed by atoms with E-state index in [1.54, 1.807) is 17.1 Å². The van der Waals surface area contributed by atoms with E-state index in [4.69, 9.17) is 0 Å². The van der Waals surface area contributed by atoms with Crippen molar-refractivity contribution < 1.29 is 4.79 Å². The Morgan fingerprint density at radius 2 is 1.96 bits per heavy atom. The summed E-state index contributed by atoms with van der Waals surface area (Å²) in [6.45, 7) is 9.85. The topological polar surface area (TPSA) is 54.3 Å². The minimum absolute atomic E-state index is 0.0810. The molecule has 2 aromatic heterocycles. The van der Waals surface area contributed by atoms with Crippen molar-refractivity contribution in [3.8, 4) is 5.82 Å². The summed E-state index contributed by atoms with van der Waals surface area (Å²) in [5.41, 5.74) is 1.62. The van der Waals surface area contributed by atoms with Crippen LogP contribution < -0.4 is 0 Å². The lowest BCUT2D eigenvalue weighted by molar-refractivity contribution is 0.0594. The lowest BCUT2D eigenvalue weighted by atomic mass is 10.1. The van der Waals surface area contributed by atoms with Crippen LogP contribution in [0.2, 0.25) is 0 Å². The van der Waals surface area contributed by atoms with E-state index in [9.17, 15) is 4.79 Å². The van der Waals surface area contributed by atoms with E-state index < -0.39 is 0 Å². The molecule has 0 radical (unpaired) electrons.